The van der Waals surface area contributed by atoms with Gasteiger partial charge in [-0.15, -0.1) is 0 Å². The Labute approximate surface area is 158 Å². The molecule has 0 saturated carbocycles. The summed E-state index contributed by atoms with van der Waals surface area (Å²) in [7, 11) is 0. The second-order valence-corrected chi connectivity index (χ2v) is 7.06. The summed E-state index contributed by atoms with van der Waals surface area (Å²) in [4.78, 5) is 27.8. The number of pyridine rings is 1. The summed E-state index contributed by atoms with van der Waals surface area (Å²) in [6.07, 6.45) is 1.03. The van der Waals surface area contributed by atoms with Gasteiger partial charge in [0.1, 0.15) is 24.0 Å². The first-order chi connectivity index (χ1) is 12.7. The Morgan fingerprint density at radius 1 is 1.15 bits per heavy atom. The zero-order valence-corrected chi connectivity index (χ0v) is 15.8. The van der Waals surface area contributed by atoms with Gasteiger partial charge in [-0.2, -0.15) is 0 Å². The van der Waals surface area contributed by atoms with Crippen LogP contribution in [0.4, 0.5) is 4.79 Å². The Bertz CT molecular complexity index is 755. The van der Waals surface area contributed by atoms with Crippen LogP contribution >= 0.6 is 0 Å². The standard InChI is InChI=1S/C20H25N3O4/c1-20(2,3)27-19(25)23-17(18(21)24)11-15-9-10-16(12-22-15)26-13-14-7-5-4-6-8-14/h4-10,12,17H,11,13H2,1-3H3,(H2,21,24)(H,23,25). The van der Waals surface area contributed by atoms with Gasteiger partial charge in [0, 0.05) is 12.1 Å². The molecule has 1 unspecified atom stereocenters. The molecule has 0 aliphatic rings. The predicted octanol–water partition coefficient (Wildman–Crippen LogP) is 2.58. The first kappa shape index (κ1) is 20.2. The number of benzene rings is 1. The Hall–Kier alpha value is -3.09. The molecule has 0 aliphatic carbocycles. The van der Waals surface area contributed by atoms with Gasteiger partial charge in [0.15, 0.2) is 0 Å². The van der Waals surface area contributed by atoms with Gasteiger partial charge < -0.3 is 20.5 Å². The lowest BCUT2D eigenvalue weighted by molar-refractivity contribution is -0.120. The van der Waals surface area contributed by atoms with Gasteiger partial charge in [-0.1, -0.05) is 30.3 Å². The molecule has 0 fully saturated rings. The number of alkyl carbamates (subject to hydrolysis) is 1. The summed E-state index contributed by atoms with van der Waals surface area (Å²) >= 11 is 0. The number of amides is 2. The molecule has 1 aromatic heterocycles. The molecule has 2 amide bonds. The Morgan fingerprint density at radius 3 is 2.41 bits per heavy atom. The van der Waals surface area contributed by atoms with Gasteiger partial charge in [-0.3, -0.25) is 9.78 Å². The topological polar surface area (TPSA) is 104 Å². The fourth-order valence-corrected chi connectivity index (χ4v) is 2.24. The number of hydrogen-bond acceptors (Lipinski definition) is 5. The van der Waals surface area contributed by atoms with Gasteiger partial charge in [0.05, 0.1) is 6.20 Å². The van der Waals surface area contributed by atoms with Crippen LogP contribution in [0.2, 0.25) is 0 Å². The van der Waals surface area contributed by atoms with Crippen LogP contribution in [0.15, 0.2) is 48.7 Å². The van der Waals surface area contributed by atoms with Gasteiger partial charge in [-0.25, -0.2) is 4.79 Å². The fraction of sp³-hybridized carbons (Fsp3) is 0.350. The molecule has 0 saturated heterocycles. The maximum Gasteiger partial charge on any atom is 0.408 e. The fourth-order valence-electron chi connectivity index (χ4n) is 2.24. The minimum Gasteiger partial charge on any atom is -0.487 e. The summed E-state index contributed by atoms with van der Waals surface area (Å²) in [6.45, 7) is 5.65. The molecular weight excluding hydrogens is 346 g/mol. The van der Waals surface area contributed by atoms with Gasteiger partial charge in [-0.05, 0) is 38.5 Å². The van der Waals surface area contributed by atoms with Crippen molar-refractivity contribution in [2.45, 2.75) is 45.4 Å². The quantitative estimate of drug-likeness (QED) is 0.778. The molecule has 2 rings (SSSR count). The molecule has 1 aromatic carbocycles. The van der Waals surface area contributed by atoms with Crippen LogP contribution in [-0.2, 0) is 22.6 Å². The van der Waals surface area contributed by atoms with E-state index in [1.165, 1.54) is 0 Å². The molecule has 7 heteroatoms. The van der Waals surface area contributed by atoms with Gasteiger partial charge in [0.2, 0.25) is 5.91 Å². The molecule has 0 spiro atoms. The molecule has 0 aliphatic heterocycles. The Kier molecular flexibility index (Phi) is 6.76. The number of nitrogens with two attached hydrogens (primary N) is 1. The van der Waals surface area contributed by atoms with Crippen molar-refractivity contribution in [2.24, 2.45) is 5.73 Å². The van der Waals surface area contributed by atoms with Gasteiger partial charge >= 0.3 is 6.09 Å². The van der Waals surface area contributed by atoms with Crippen molar-refractivity contribution in [1.29, 1.82) is 0 Å². The second kappa shape index (κ2) is 9.02. The molecule has 1 heterocycles. The summed E-state index contributed by atoms with van der Waals surface area (Å²) in [6, 6.07) is 12.4. The SMILES string of the molecule is CC(C)(C)OC(=O)NC(Cc1ccc(OCc2ccccc2)cn1)C(N)=O. The molecule has 144 valence electrons. The van der Waals surface area contributed by atoms with E-state index in [0.717, 1.165) is 5.56 Å². The highest BCUT2D eigenvalue weighted by atomic mass is 16.6. The van der Waals surface area contributed by atoms with Crippen molar-refractivity contribution in [3.8, 4) is 5.75 Å². The maximum atomic E-state index is 11.9. The highest BCUT2D eigenvalue weighted by Gasteiger charge is 2.23. The van der Waals surface area contributed by atoms with Crippen molar-refractivity contribution in [3.63, 3.8) is 0 Å². The number of primary amides is 1. The Balaban J connectivity index is 1.92. The van der Waals surface area contributed by atoms with Crippen LogP contribution in [-0.4, -0.2) is 28.6 Å². The number of rotatable bonds is 7. The van der Waals surface area contributed by atoms with E-state index in [2.05, 4.69) is 10.3 Å². The zero-order valence-electron chi connectivity index (χ0n) is 15.8. The molecule has 0 bridgehead atoms. The van der Waals surface area contributed by atoms with E-state index in [9.17, 15) is 9.59 Å². The lowest BCUT2D eigenvalue weighted by Gasteiger charge is -2.22. The average Bonchev–Trinajstić information content (AvgIpc) is 2.60. The third-order valence-electron chi connectivity index (χ3n) is 3.49. The van der Waals surface area contributed by atoms with Crippen molar-refractivity contribution in [3.05, 3.63) is 59.9 Å². The first-order valence-electron chi connectivity index (χ1n) is 8.63. The summed E-state index contributed by atoms with van der Waals surface area (Å²) < 4.78 is 10.8. The van der Waals surface area contributed by atoms with E-state index in [4.69, 9.17) is 15.2 Å². The molecule has 0 radical (unpaired) electrons. The highest BCUT2D eigenvalue weighted by Crippen LogP contribution is 2.13. The number of carbonyl (C=O) groups is 2. The van der Waals surface area contributed by atoms with Gasteiger partial charge in [0.25, 0.3) is 0 Å². The Morgan fingerprint density at radius 2 is 1.85 bits per heavy atom. The second-order valence-electron chi connectivity index (χ2n) is 7.06. The van der Waals surface area contributed by atoms with E-state index in [1.54, 1.807) is 39.1 Å². The third-order valence-corrected chi connectivity index (χ3v) is 3.49. The van der Waals surface area contributed by atoms with Crippen LogP contribution in [0.25, 0.3) is 0 Å². The normalized spacial score (nSPS) is 12.1. The largest absolute Gasteiger partial charge is 0.487 e. The molecule has 1 atom stereocenters. The van der Waals surface area contributed by atoms with Crippen LogP contribution in [0, 0.1) is 0 Å². The van der Waals surface area contributed by atoms with E-state index in [0.29, 0.717) is 18.1 Å². The molecule has 2 aromatic rings. The minimum absolute atomic E-state index is 0.160. The first-order valence-corrected chi connectivity index (χ1v) is 8.63. The van der Waals surface area contributed by atoms with Crippen LogP contribution in [0.5, 0.6) is 5.75 Å². The lowest BCUT2D eigenvalue weighted by Crippen LogP contribution is -2.47. The molecule has 27 heavy (non-hydrogen) atoms. The van der Waals surface area contributed by atoms with Crippen molar-refractivity contribution >= 4 is 12.0 Å². The third kappa shape index (κ3) is 7.35. The number of ether oxygens (including phenoxy) is 2. The molecular formula is C20H25N3O4. The van der Waals surface area contributed by atoms with Crippen molar-refractivity contribution < 1.29 is 19.1 Å². The van der Waals surface area contributed by atoms with E-state index in [1.807, 2.05) is 30.3 Å². The van der Waals surface area contributed by atoms with Crippen LogP contribution < -0.4 is 15.8 Å². The smallest absolute Gasteiger partial charge is 0.408 e. The number of aromatic nitrogens is 1. The number of nitrogens with one attached hydrogen (secondary N) is 1. The predicted molar refractivity (Wildman–Crippen MR) is 101 cm³/mol. The van der Waals surface area contributed by atoms with E-state index < -0.39 is 23.6 Å². The van der Waals surface area contributed by atoms with E-state index >= 15 is 0 Å². The monoisotopic (exact) mass is 371 g/mol. The number of hydrogen-bond donors (Lipinski definition) is 2. The average molecular weight is 371 g/mol. The van der Waals surface area contributed by atoms with Crippen LogP contribution in [0.1, 0.15) is 32.0 Å². The van der Waals surface area contributed by atoms with Crippen LogP contribution in [0.3, 0.4) is 0 Å². The number of nitrogens with zero attached hydrogens (tertiary/aromatic N) is 1. The highest BCUT2D eigenvalue weighted by molar-refractivity contribution is 5.84. The minimum atomic E-state index is -0.913. The van der Waals surface area contributed by atoms with Crippen molar-refractivity contribution in [1.82, 2.24) is 10.3 Å². The summed E-state index contributed by atoms with van der Waals surface area (Å²) in [5, 5.41) is 2.48. The summed E-state index contributed by atoms with van der Waals surface area (Å²) in [5.41, 5.74) is 6.36. The zero-order chi connectivity index (χ0) is 19.9. The molecule has 7 nitrogen and oxygen atoms in total. The van der Waals surface area contributed by atoms with Crippen molar-refractivity contribution in [2.75, 3.05) is 0 Å². The lowest BCUT2D eigenvalue weighted by atomic mass is 10.1. The number of carbonyl (C=O) groups excluding carboxylic acids is 2. The summed E-state index contributed by atoms with van der Waals surface area (Å²) in [5.74, 6) is -0.0506. The van der Waals surface area contributed by atoms with E-state index in [-0.39, 0.29) is 6.42 Å². The molecule has 3 N–H and O–H groups in total. The maximum absolute atomic E-state index is 11.9.